The lowest BCUT2D eigenvalue weighted by atomic mass is 9.80. The van der Waals surface area contributed by atoms with Gasteiger partial charge in [0, 0.05) is 23.3 Å². The molecule has 0 saturated carbocycles. The Morgan fingerprint density at radius 2 is 1.06 bits per heavy atom. The summed E-state index contributed by atoms with van der Waals surface area (Å²) in [6.07, 6.45) is 0.718. The summed E-state index contributed by atoms with van der Waals surface area (Å²) in [5.74, 6) is 0. The molecule has 0 amide bonds. The zero-order valence-electron chi connectivity index (χ0n) is 18.5. The van der Waals surface area contributed by atoms with E-state index in [0.29, 0.717) is 12.7 Å². The molecule has 0 fully saturated rings. The van der Waals surface area contributed by atoms with Crippen molar-refractivity contribution in [3.8, 4) is 6.07 Å². The lowest BCUT2D eigenvalue weighted by Gasteiger charge is -2.35. The molecular formula is C29H27N2OP. The summed E-state index contributed by atoms with van der Waals surface area (Å²) in [4.78, 5) is 0. The van der Waals surface area contributed by atoms with Crippen LogP contribution < -0.4 is 15.9 Å². The highest BCUT2D eigenvalue weighted by Gasteiger charge is 2.35. The van der Waals surface area contributed by atoms with Crippen LogP contribution in [0, 0.1) is 11.3 Å². The van der Waals surface area contributed by atoms with Crippen LogP contribution in [0.2, 0.25) is 0 Å². The van der Waals surface area contributed by atoms with Crippen molar-refractivity contribution >= 4 is 17.8 Å². The van der Waals surface area contributed by atoms with Crippen molar-refractivity contribution in [2.24, 2.45) is 0 Å². The number of nitriles is 1. The molecule has 4 heteroatoms. The highest BCUT2D eigenvalue weighted by atomic mass is 31.2. The molecule has 0 unspecified atom stereocenters. The van der Waals surface area contributed by atoms with Crippen LogP contribution in [0.5, 0.6) is 0 Å². The monoisotopic (exact) mass is 450 g/mol. The second kappa shape index (κ2) is 10.5. The van der Waals surface area contributed by atoms with Crippen LogP contribution in [0.25, 0.3) is 0 Å². The molecule has 0 atom stereocenters. The maximum atomic E-state index is 14.4. The van der Waals surface area contributed by atoms with Gasteiger partial charge in [0.25, 0.3) is 0 Å². The first-order valence-electron chi connectivity index (χ1n) is 11.1. The van der Waals surface area contributed by atoms with Gasteiger partial charge < -0.3 is 9.88 Å². The Morgan fingerprint density at radius 3 is 1.45 bits per heavy atom. The molecule has 0 aliphatic carbocycles. The minimum absolute atomic E-state index is 0.266. The average molecular weight is 451 g/mol. The van der Waals surface area contributed by atoms with Gasteiger partial charge in [-0.2, -0.15) is 5.26 Å². The largest absolute Gasteiger partial charge is 0.314 e. The number of nitrogens with zero attached hydrogens (tertiary/aromatic N) is 1. The van der Waals surface area contributed by atoms with Crippen molar-refractivity contribution in [3.05, 3.63) is 132 Å². The van der Waals surface area contributed by atoms with Crippen molar-refractivity contribution in [1.29, 1.82) is 5.26 Å². The molecule has 0 aromatic heterocycles. The first-order valence-corrected chi connectivity index (χ1v) is 13.0. The molecule has 3 nitrogen and oxygen atoms in total. The fourth-order valence-corrected chi connectivity index (χ4v) is 6.92. The summed E-state index contributed by atoms with van der Waals surface area (Å²) in [7, 11) is -2.86. The van der Waals surface area contributed by atoms with E-state index >= 15 is 0 Å². The maximum absolute atomic E-state index is 14.4. The van der Waals surface area contributed by atoms with Gasteiger partial charge in [-0.15, -0.1) is 0 Å². The van der Waals surface area contributed by atoms with E-state index in [2.05, 4.69) is 11.4 Å². The molecule has 0 spiro atoms. The van der Waals surface area contributed by atoms with E-state index in [0.717, 1.165) is 21.7 Å². The lowest BCUT2D eigenvalue weighted by Crippen LogP contribution is -2.45. The summed E-state index contributed by atoms with van der Waals surface area (Å²) in [5, 5.41) is 15.2. The minimum atomic E-state index is -2.86. The van der Waals surface area contributed by atoms with E-state index < -0.39 is 12.7 Å². The normalized spacial score (nSPS) is 11.6. The first-order chi connectivity index (χ1) is 16.2. The predicted molar refractivity (Wildman–Crippen MR) is 137 cm³/mol. The maximum Gasteiger partial charge on any atom is 0.144 e. The fraction of sp³-hybridized carbons (Fsp3) is 0.138. The number of hydrogen-bond donors (Lipinski definition) is 1. The molecule has 33 heavy (non-hydrogen) atoms. The lowest BCUT2D eigenvalue weighted by molar-refractivity contribution is 0.419. The Hall–Kier alpha value is -3.44. The summed E-state index contributed by atoms with van der Waals surface area (Å²) in [5.41, 5.74) is 1.36. The van der Waals surface area contributed by atoms with Crippen LogP contribution in [-0.4, -0.2) is 12.7 Å². The molecule has 4 rings (SSSR count). The first kappa shape index (κ1) is 22.7. The van der Waals surface area contributed by atoms with Crippen molar-refractivity contribution in [2.75, 3.05) is 12.7 Å². The Bertz CT molecular complexity index is 1150. The topological polar surface area (TPSA) is 52.9 Å². The van der Waals surface area contributed by atoms with Crippen LogP contribution in [-0.2, 0) is 10.1 Å². The van der Waals surface area contributed by atoms with Gasteiger partial charge in [0.15, 0.2) is 0 Å². The Kier molecular flexibility index (Phi) is 7.20. The summed E-state index contributed by atoms with van der Waals surface area (Å²) < 4.78 is 14.4. The SMILES string of the molecule is N#CCC(NCCP(=O)(c1ccccc1)c1ccccc1)(c1ccccc1)c1ccccc1. The third kappa shape index (κ3) is 4.83. The van der Waals surface area contributed by atoms with Gasteiger partial charge in [0.1, 0.15) is 7.14 Å². The quantitative estimate of drug-likeness (QED) is 0.345. The zero-order chi connectivity index (χ0) is 23.0. The molecule has 4 aromatic carbocycles. The number of rotatable bonds is 9. The molecule has 0 heterocycles. The van der Waals surface area contributed by atoms with E-state index in [1.807, 2.05) is 121 Å². The Morgan fingerprint density at radius 1 is 0.667 bits per heavy atom. The van der Waals surface area contributed by atoms with Crippen molar-refractivity contribution in [1.82, 2.24) is 5.32 Å². The Balaban J connectivity index is 1.70. The van der Waals surface area contributed by atoms with Crippen molar-refractivity contribution in [3.63, 3.8) is 0 Å². The van der Waals surface area contributed by atoms with Crippen LogP contribution >= 0.6 is 7.14 Å². The van der Waals surface area contributed by atoms with E-state index in [1.165, 1.54) is 0 Å². The molecule has 0 aliphatic heterocycles. The van der Waals surface area contributed by atoms with Crippen LogP contribution in [0.15, 0.2) is 121 Å². The van der Waals surface area contributed by atoms with Gasteiger partial charge in [0.2, 0.25) is 0 Å². The third-order valence-corrected chi connectivity index (χ3v) is 9.20. The number of benzene rings is 4. The predicted octanol–water partition coefficient (Wildman–Crippen LogP) is 5.45. The standard InChI is InChI=1S/C29H27N2OP/c30-22-21-29(25-13-5-1-6-14-25,26-15-7-2-8-16-26)31-23-24-33(32,27-17-9-3-10-18-27)28-19-11-4-12-20-28/h1-20,31H,21,23-24H2. The van der Waals surface area contributed by atoms with Gasteiger partial charge in [-0.05, 0) is 11.1 Å². The summed E-state index contributed by atoms with van der Waals surface area (Å²) >= 11 is 0. The number of nitrogens with one attached hydrogen (secondary N) is 1. The Labute approximate surface area is 196 Å². The number of hydrogen-bond acceptors (Lipinski definition) is 3. The van der Waals surface area contributed by atoms with E-state index in [-0.39, 0.29) is 6.42 Å². The minimum Gasteiger partial charge on any atom is -0.314 e. The van der Waals surface area contributed by atoms with E-state index in [4.69, 9.17) is 0 Å². The zero-order valence-corrected chi connectivity index (χ0v) is 19.4. The smallest absolute Gasteiger partial charge is 0.144 e. The van der Waals surface area contributed by atoms with Gasteiger partial charge in [-0.3, -0.25) is 0 Å². The third-order valence-electron chi connectivity index (χ3n) is 6.08. The van der Waals surface area contributed by atoms with Crippen LogP contribution in [0.4, 0.5) is 0 Å². The molecule has 164 valence electrons. The van der Waals surface area contributed by atoms with Gasteiger partial charge in [0.05, 0.1) is 18.0 Å². The molecule has 0 saturated heterocycles. The summed E-state index contributed by atoms with van der Waals surface area (Å²) in [6, 6.07) is 41.9. The molecule has 4 aromatic rings. The highest BCUT2D eigenvalue weighted by Crippen LogP contribution is 2.43. The second-order valence-electron chi connectivity index (χ2n) is 8.03. The van der Waals surface area contributed by atoms with Crippen LogP contribution in [0.1, 0.15) is 17.5 Å². The van der Waals surface area contributed by atoms with Crippen molar-refractivity contribution < 1.29 is 4.57 Å². The van der Waals surface area contributed by atoms with Crippen molar-refractivity contribution in [2.45, 2.75) is 12.0 Å². The molecular weight excluding hydrogens is 423 g/mol. The van der Waals surface area contributed by atoms with Gasteiger partial charge >= 0.3 is 0 Å². The molecule has 0 bridgehead atoms. The molecule has 0 radical (unpaired) electrons. The van der Waals surface area contributed by atoms with Gasteiger partial charge in [-0.1, -0.05) is 121 Å². The molecule has 1 N–H and O–H groups in total. The van der Waals surface area contributed by atoms with Crippen LogP contribution in [0.3, 0.4) is 0 Å². The van der Waals surface area contributed by atoms with E-state index in [9.17, 15) is 9.83 Å². The van der Waals surface area contributed by atoms with E-state index in [1.54, 1.807) is 0 Å². The highest BCUT2D eigenvalue weighted by molar-refractivity contribution is 7.78. The van der Waals surface area contributed by atoms with Gasteiger partial charge in [-0.25, -0.2) is 0 Å². The summed E-state index contributed by atoms with van der Waals surface area (Å²) in [6.45, 7) is 0.493. The average Bonchev–Trinajstić information content (AvgIpc) is 2.90. The fourth-order valence-electron chi connectivity index (χ4n) is 4.37. The molecule has 0 aliphatic rings. The second-order valence-corrected chi connectivity index (χ2v) is 11.0.